The van der Waals surface area contributed by atoms with Crippen molar-refractivity contribution in [2.75, 3.05) is 39.9 Å². The number of methoxy groups -OCH3 is 1. The average molecular weight is 430 g/mol. The predicted molar refractivity (Wildman–Crippen MR) is 125 cm³/mol. The third kappa shape index (κ3) is 6.62. The van der Waals surface area contributed by atoms with Gasteiger partial charge in [-0.15, -0.1) is 0 Å². The summed E-state index contributed by atoms with van der Waals surface area (Å²) in [6.45, 7) is 5.72. The Morgan fingerprint density at radius 1 is 1.23 bits per heavy atom. The van der Waals surface area contributed by atoms with Gasteiger partial charge in [-0.25, -0.2) is 0 Å². The fourth-order valence-corrected chi connectivity index (χ4v) is 4.65. The number of rotatable bonds is 12. The number of pyridine rings is 1. The van der Waals surface area contributed by atoms with E-state index < -0.39 is 6.10 Å². The molecule has 0 aliphatic carbocycles. The highest BCUT2D eigenvalue weighted by molar-refractivity contribution is 5.83. The van der Waals surface area contributed by atoms with Crippen LogP contribution in [0.4, 0.5) is 0 Å². The van der Waals surface area contributed by atoms with Crippen molar-refractivity contribution in [2.24, 2.45) is 5.92 Å². The average Bonchev–Trinajstić information content (AvgIpc) is 2.81. The quantitative estimate of drug-likeness (QED) is 0.448. The number of unbranched alkanes of at least 4 members (excludes halogenated alkanes) is 4. The number of aliphatic hydroxyl groups excluding tert-OH is 2. The van der Waals surface area contributed by atoms with Crippen LogP contribution >= 0.6 is 0 Å². The monoisotopic (exact) mass is 429 g/mol. The van der Waals surface area contributed by atoms with Crippen molar-refractivity contribution in [1.29, 1.82) is 0 Å². The first-order chi connectivity index (χ1) is 15.2. The van der Waals surface area contributed by atoms with Crippen molar-refractivity contribution in [3.63, 3.8) is 0 Å². The molecule has 0 radical (unpaired) electrons. The number of hydrogen-bond acceptors (Lipinski definition) is 6. The topological polar surface area (TPSA) is 77.9 Å². The molecule has 31 heavy (non-hydrogen) atoms. The smallest absolute Gasteiger partial charge is 0.119 e. The largest absolute Gasteiger partial charge is 0.497 e. The normalized spacial score (nSPS) is 20.8. The van der Waals surface area contributed by atoms with Gasteiger partial charge in [0, 0.05) is 43.2 Å². The van der Waals surface area contributed by atoms with Crippen molar-refractivity contribution < 1.29 is 14.9 Å². The van der Waals surface area contributed by atoms with Crippen LogP contribution in [-0.2, 0) is 0 Å². The number of hydrogen-bond donors (Lipinski definition) is 3. The minimum absolute atomic E-state index is 0.176. The Morgan fingerprint density at radius 2 is 2.06 bits per heavy atom. The van der Waals surface area contributed by atoms with Crippen LogP contribution in [0.5, 0.6) is 5.75 Å². The SMILES string of the molecule is CCCCCCCNC1CCN(C[C@H](O)c2ccnc3ccc(OC)cc23)CC1CO. The third-order valence-corrected chi connectivity index (χ3v) is 6.51. The summed E-state index contributed by atoms with van der Waals surface area (Å²) in [5.74, 6) is 0.960. The Hall–Kier alpha value is -1.73. The molecule has 1 saturated heterocycles. The molecule has 2 aromatic rings. The molecule has 1 aromatic heterocycles. The molecule has 2 unspecified atom stereocenters. The van der Waals surface area contributed by atoms with E-state index >= 15 is 0 Å². The first-order valence-corrected chi connectivity index (χ1v) is 11.8. The van der Waals surface area contributed by atoms with Gasteiger partial charge >= 0.3 is 0 Å². The van der Waals surface area contributed by atoms with E-state index in [1.54, 1.807) is 13.3 Å². The molecule has 3 N–H and O–H groups in total. The standard InChI is InChI=1S/C25H39N3O3/c1-3-4-5-6-7-12-26-23-11-14-28(16-19(23)18-29)17-25(30)21-10-13-27-24-9-8-20(31-2)15-22(21)24/h8-10,13,15,19,23,25-26,29-30H,3-7,11-12,14,16-18H2,1-2H3/t19?,23?,25-/m0/s1. The molecule has 3 rings (SSSR count). The summed E-state index contributed by atoms with van der Waals surface area (Å²) >= 11 is 0. The molecule has 1 aliphatic heterocycles. The Balaban J connectivity index is 1.55. The van der Waals surface area contributed by atoms with Crippen LogP contribution in [-0.4, -0.2) is 66.0 Å². The minimum atomic E-state index is -0.611. The van der Waals surface area contributed by atoms with Gasteiger partial charge in [0.05, 0.1) is 18.7 Å². The molecule has 6 heteroatoms. The number of aromatic nitrogens is 1. The molecule has 172 valence electrons. The number of benzene rings is 1. The molecular formula is C25H39N3O3. The number of β-amino-alcohol motifs (C(OH)–C–C–N with tert-alkyl or cyclic N) is 1. The van der Waals surface area contributed by atoms with E-state index in [0.717, 1.165) is 48.3 Å². The molecule has 3 atom stereocenters. The summed E-state index contributed by atoms with van der Waals surface area (Å²) in [6, 6.07) is 8.00. The second-order valence-electron chi connectivity index (χ2n) is 8.76. The summed E-state index contributed by atoms with van der Waals surface area (Å²) in [4.78, 5) is 6.69. The third-order valence-electron chi connectivity index (χ3n) is 6.51. The van der Waals surface area contributed by atoms with Crippen LogP contribution in [0.2, 0.25) is 0 Å². The van der Waals surface area contributed by atoms with Gasteiger partial charge in [0.1, 0.15) is 5.75 Å². The van der Waals surface area contributed by atoms with Gasteiger partial charge in [0.15, 0.2) is 0 Å². The lowest BCUT2D eigenvalue weighted by atomic mass is 9.92. The van der Waals surface area contributed by atoms with Gasteiger partial charge in [-0.05, 0) is 55.8 Å². The summed E-state index contributed by atoms with van der Waals surface area (Å²) in [5, 5.41) is 25.6. The summed E-state index contributed by atoms with van der Waals surface area (Å²) in [7, 11) is 1.64. The molecular weight excluding hydrogens is 390 g/mol. The highest BCUT2D eigenvalue weighted by atomic mass is 16.5. The van der Waals surface area contributed by atoms with Crippen LogP contribution in [0.25, 0.3) is 10.9 Å². The van der Waals surface area contributed by atoms with Crippen LogP contribution < -0.4 is 10.1 Å². The van der Waals surface area contributed by atoms with Crippen molar-refractivity contribution in [1.82, 2.24) is 15.2 Å². The van der Waals surface area contributed by atoms with E-state index in [1.165, 1.54) is 32.1 Å². The van der Waals surface area contributed by atoms with E-state index in [9.17, 15) is 10.2 Å². The highest BCUT2D eigenvalue weighted by Gasteiger charge is 2.29. The molecule has 0 spiro atoms. The molecule has 1 fully saturated rings. The number of ether oxygens (including phenoxy) is 1. The van der Waals surface area contributed by atoms with Gasteiger partial charge in [-0.3, -0.25) is 9.88 Å². The number of likely N-dealkylation sites (tertiary alicyclic amines) is 1. The lowest BCUT2D eigenvalue weighted by Gasteiger charge is -2.39. The Labute approximate surface area is 186 Å². The van der Waals surface area contributed by atoms with Crippen molar-refractivity contribution in [3.8, 4) is 5.75 Å². The maximum Gasteiger partial charge on any atom is 0.119 e. The molecule has 1 aromatic carbocycles. The Morgan fingerprint density at radius 3 is 2.84 bits per heavy atom. The van der Waals surface area contributed by atoms with Gasteiger partial charge in [0.25, 0.3) is 0 Å². The number of aliphatic hydroxyl groups is 2. The molecule has 1 aliphatic rings. The predicted octanol–water partition coefficient (Wildman–Crippen LogP) is 3.52. The van der Waals surface area contributed by atoms with E-state index in [1.807, 2.05) is 24.3 Å². The maximum absolute atomic E-state index is 11.0. The van der Waals surface area contributed by atoms with Crippen LogP contribution in [0.15, 0.2) is 30.5 Å². The fraction of sp³-hybridized carbons (Fsp3) is 0.640. The Kier molecular flexibility index (Phi) is 9.53. The minimum Gasteiger partial charge on any atom is -0.497 e. The van der Waals surface area contributed by atoms with Gasteiger partial charge in [-0.1, -0.05) is 32.6 Å². The lowest BCUT2D eigenvalue weighted by molar-refractivity contribution is 0.0513. The summed E-state index contributed by atoms with van der Waals surface area (Å²) in [6.07, 6.45) is 8.52. The van der Waals surface area contributed by atoms with Gasteiger partial charge in [-0.2, -0.15) is 0 Å². The first kappa shape index (κ1) is 23.9. The zero-order chi connectivity index (χ0) is 22.1. The van der Waals surface area contributed by atoms with E-state index in [0.29, 0.717) is 12.6 Å². The van der Waals surface area contributed by atoms with Crippen molar-refractivity contribution in [3.05, 3.63) is 36.0 Å². The number of nitrogens with zero attached hydrogens (tertiary/aromatic N) is 2. The van der Waals surface area contributed by atoms with Crippen LogP contribution in [0, 0.1) is 5.92 Å². The van der Waals surface area contributed by atoms with E-state index in [-0.39, 0.29) is 12.5 Å². The molecule has 6 nitrogen and oxygen atoms in total. The zero-order valence-electron chi connectivity index (χ0n) is 19.1. The molecule has 0 saturated carbocycles. The lowest BCUT2D eigenvalue weighted by Crippen LogP contribution is -2.51. The number of nitrogens with one attached hydrogen (secondary N) is 1. The van der Waals surface area contributed by atoms with E-state index in [2.05, 4.69) is 22.1 Å². The molecule has 0 amide bonds. The second kappa shape index (κ2) is 12.3. The fourth-order valence-electron chi connectivity index (χ4n) is 4.65. The van der Waals surface area contributed by atoms with Crippen molar-refractivity contribution in [2.45, 2.75) is 57.6 Å². The summed E-state index contributed by atoms with van der Waals surface area (Å²) in [5.41, 5.74) is 1.73. The number of piperidine rings is 1. The van der Waals surface area contributed by atoms with Crippen LogP contribution in [0.1, 0.15) is 57.1 Å². The number of fused-ring (bicyclic) bond motifs is 1. The van der Waals surface area contributed by atoms with Crippen molar-refractivity contribution >= 4 is 10.9 Å². The highest BCUT2D eigenvalue weighted by Crippen LogP contribution is 2.28. The van der Waals surface area contributed by atoms with Gasteiger partial charge in [0.2, 0.25) is 0 Å². The zero-order valence-corrected chi connectivity index (χ0v) is 19.1. The molecule has 2 heterocycles. The first-order valence-electron chi connectivity index (χ1n) is 11.8. The molecule has 0 bridgehead atoms. The second-order valence-corrected chi connectivity index (χ2v) is 8.76. The van der Waals surface area contributed by atoms with E-state index in [4.69, 9.17) is 4.74 Å². The maximum atomic E-state index is 11.0. The summed E-state index contributed by atoms with van der Waals surface area (Å²) < 4.78 is 5.35. The Bertz CT molecular complexity index is 801. The van der Waals surface area contributed by atoms with Crippen LogP contribution in [0.3, 0.4) is 0 Å². The van der Waals surface area contributed by atoms with Gasteiger partial charge < -0.3 is 20.3 Å².